The van der Waals surface area contributed by atoms with Gasteiger partial charge in [-0.15, -0.1) is 0 Å². The number of carbonyl (C=O) groups is 2. The molecule has 2 rings (SSSR count). The Morgan fingerprint density at radius 2 is 2.05 bits per heavy atom. The first kappa shape index (κ1) is 14.3. The third-order valence-corrected chi connectivity index (χ3v) is 3.52. The summed E-state index contributed by atoms with van der Waals surface area (Å²) in [5.41, 5.74) is -0.883. The second kappa shape index (κ2) is 5.48. The highest BCUT2D eigenvalue weighted by molar-refractivity contribution is 5.81. The molecule has 1 aromatic rings. The van der Waals surface area contributed by atoms with Gasteiger partial charge in [0.15, 0.2) is 6.61 Å². The number of carboxylic acid groups (broad SMARTS) is 1. The number of rotatable bonds is 4. The summed E-state index contributed by atoms with van der Waals surface area (Å²) < 4.78 is 18.0. The van der Waals surface area contributed by atoms with Gasteiger partial charge in [0.25, 0.3) is 5.91 Å². The number of hydrogen-bond donors (Lipinski definition) is 1. The van der Waals surface area contributed by atoms with Crippen LogP contribution in [0.2, 0.25) is 0 Å². The summed E-state index contributed by atoms with van der Waals surface area (Å²) in [6, 6.07) is 5.37. The second-order valence-corrected chi connectivity index (χ2v) is 5.17. The van der Waals surface area contributed by atoms with Crippen LogP contribution in [0.3, 0.4) is 0 Å². The lowest BCUT2D eigenvalue weighted by Gasteiger charge is -2.20. The molecule has 1 aliphatic rings. The molecular weight excluding hydrogens is 265 g/mol. The summed E-state index contributed by atoms with van der Waals surface area (Å²) in [6.07, 6.45) is 0.435. The molecule has 20 heavy (non-hydrogen) atoms. The summed E-state index contributed by atoms with van der Waals surface area (Å²) in [5, 5.41) is 9.10. The minimum Gasteiger partial charge on any atom is -0.484 e. The van der Waals surface area contributed by atoms with Crippen molar-refractivity contribution in [3.63, 3.8) is 0 Å². The number of benzene rings is 1. The molecule has 1 saturated heterocycles. The van der Waals surface area contributed by atoms with Crippen molar-refractivity contribution in [3.8, 4) is 5.75 Å². The standard InChI is InChI=1S/C14H16FNO4/c1-14(13(18)19)6-7-16(9-14)12(17)8-20-11-4-2-10(15)3-5-11/h2-5H,6-9H2,1H3,(H,18,19)/t14-/m1/s1. The molecule has 1 amide bonds. The highest BCUT2D eigenvalue weighted by Gasteiger charge is 2.42. The molecule has 0 aliphatic carbocycles. The van der Waals surface area contributed by atoms with Gasteiger partial charge in [-0.2, -0.15) is 0 Å². The van der Waals surface area contributed by atoms with Gasteiger partial charge in [-0.05, 0) is 37.6 Å². The van der Waals surface area contributed by atoms with E-state index in [1.807, 2.05) is 0 Å². The Morgan fingerprint density at radius 1 is 1.40 bits per heavy atom. The molecule has 0 spiro atoms. The van der Waals surface area contributed by atoms with Crippen molar-refractivity contribution in [2.45, 2.75) is 13.3 Å². The maximum absolute atomic E-state index is 12.7. The zero-order valence-corrected chi connectivity index (χ0v) is 11.1. The molecule has 0 bridgehead atoms. The number of nitrogens with zero attached hydrogens (tertiary/aromatic N) is 1. The molecule has 1 heterocycles. The first-order valence-corrected chi connectivity index (χ1v) is 6.30. The van der Waals surface area contributed by atoms with Crippen molar-refractivity contribution in [2.24, 2.45) is 5.41 Å². The number of ether oxygens (including phenoxy) is 1. The number of carbonyl (C=O) groups excluding carboxylic acids is 1. The molecule has 1 N–H and O–H groups in total. The summed E-state index contributed by atoms with van der Waals surface area (Å²) >= 11 is 0. The predicted octanol–water partition coefficient (Wildman–Crippen LogP) is 1.53. The number of aliphatic carboxylic acids is 1. The fourth-order valence-electron chi connectivity index (χ4n) is 2.12. The van der Waals surface area contributed by atoms with Crippen molar-refractivity contribution < 1.29 is 23.8 Å². The van der Waals surface area contributed by atoms with Crippen LogP contribution in [0.15, 0.2) is 24.3 Å². The molecule has 5 nitrogen and oxygen atoms in total. The van der Waals surface area contributed by atoms with E-state index in [1.165, 1.54) is 29.2 Å². The molecule has 1 aromatic carbocycles. The van der Waals surface area contributed by atoms with Gasteiger partial charge in [-0.1, -0.05) is 0 Å². The van der Waals surface area contributed by atoms with E-state index in [0.29, 0.717) is 18.7 Å². The molecule has 1 atom stereocenters. The van der Waals surface area contributed by atoms with Crippen LogP contribution in [-0.2, 0) is 9.59 Å². The average molecular weight is 281 g/mol. The van der Waals surface area contributed by atoms with E-state index in [-0.39, 0.29) is 24.9 Å². The number of halogens is 1. The van der Waals surface area contributed by atoms with Gasteiger partial charge >= 0.3 is 5.97 Å². The molecular formula is C14H16FNO4. The number of hydrogen-bond acceptors (Lipinski definition) is 3. The maximum atomic E-state index is 12.7. The van der Waals surface area contributed by atoms with Crippen LogP contribution in [0, 0.1) is 11.2 Å². The van der Waals surface area contributed by atoms with E-state index >= 15 is 0 Å². The van der Waals surface area contributed by atoms with Crippen molar-refractivity contribution in [3.05, 3.63) is 30.1 Å². The van der Waals surface area contributed by atoms with Gasteiger partial charge in [0.05, 0.1) is 5.41 Å². The zero-order valence-electron chi connectivity index (χ0n) is 11.1. The number of likely N-dealkylation sites (tertiary alicyclic amines) is 1. The lowest BCUT2D eigenvalue weighted by atomic mass is 9.90. The smallest absolute Gasteiger partial charge is 0.311 e. The first-order chi connectivity index (χ1) is 9.40. The second-order valence-electron chi connectivity index (χ2n) is 5.17. The van der Waals surface area contributed by atoms with Gasteiger partial charge in [-0.25, -0.2) is 4.39 Å². The Bertz CT molecular complexity index is 516. The van der Waals surface area contributed by atoms with Gasteiger partial charge < -0.3 is 14.7 Å². The third-order valence-electron chi connectivity index (χ3n) is 3.52. The van der Waals surface area contributed by atoms with Crippen molar-refractivity contribution in [1.82, 2.24) is 4.90 Å². The van der Waals surface area contributed by atoms with Crippen molar-refractivity contribution in [2.75, 3.05) is 19.7 Å². The number of amides is 1. The van der Waals surface area contributed by atoms with Crippen LogP contribution in [0.25, 0.3) is 0 Å². The molecule has 0 saturated carbocycles. The maximum Gasteiger partial charge on any atom is 0.311 e. The van der Waals surface area contributed by atoms with Crippen LogP contribution >= 0.6 is 0 Å². The molecule has 0 radical (unpaired) electrons. The van der Waals surface area contributed by atoms with Gasteiger partial charge in [0.1, 0.15) is 11.6 Å². The van der Waals surface area contributed by atoms with Crippen molar-refractivity contribution in [1.29, 1.82) is 0 Å². The minimum atomic E-state index is -0.896. The number of carboxylic acids is 1. The average Bonchev–Trinajstić information content (AvgIpc) is 2.82. The molecule has 6 heteroatoms. The highest BCUT2D eigenvalue weighted by atomic mass is 19.1. The van der Waals surface area contributed by atoms with Crippen LogP contribution in [0.5, 0.6) is 5.75 Å². The molecule has 1 fully saturated rings. The normalized spacial score (nSPS) is 21.8. The summed E-state index contributed by atoms with van der Waals surface area (Å²) in [7, 11) is 0. The molecule has 1 aliphatic heterocycles. The summed E-state index contributed by atoms with van der Waals surface area (Å²) in [5.74, 6) is -1.13. The molecule has 0 aromatic heterocycles. The monoisotopic (exact) mass is 281 g/mol. The van der Waals surface area contributed by atoms with Crippen LogP contribution < -0.4 is 4.74 Å². The van der Waals surface area contributed by atoms with E-state index < -0.39 is 11.4 Å². The predicted molar refractivity (Wildman–Crippen MR) is 68.8 cm³/mol. The van der Waals surface area contributed by atoms with Gasteiger partial charge in [0, 0.05) is 13.1 Å². The minimum absolute atomic E-state index is 0.179. The lowest BCUT2D eigenvalue weighted by molar-refractivity contribution is -0.147. The van der Waals surface area contributed by atoms with E-state index in [1.54, 1.807) is 6.92 Å². The first-order valence-electron chi connectivity index (χ1n) is 6.30. The van der Waals surface area contributed by atoms with Gasteiger partial charge in [-0.3, -0.25) is 9.59 Å². The van der Waals surface area contributed by atoms with E-state index in [0.717, 1.165) is 0 Å². The van der Waals surface area contributed by atoms with E-state index in [9.17, 15) is 14.0 Å². The Kier molecular flexibility index (Phi) is 3.92. The summed E-state index contributed by atoms with van der Waals surface area (Å²) in [6.45, 7) is 2.05. The zero-order chi connectivity index (χ0) is 14.8. The lowest BCUT2D eigenvalue weighted by Crippen LogP contribution is -2.37. The Labute approximate surface area is 116 Å². The fraction of sp³-hybridized carbons (Fsp3) is 0.429. The van der Waals surface area contributed by atoms with Crippen LogP contribution in [-0.4, -0.2) is 41.6 Å². The Balaban J connectivity index is 1.87. The Morgan fingerprint density at radius 3 is 2.60 bits per heavy atom. The Hall–Kier alpha value is -2.11. The van der Waals surface area contributed by atoms with Crippen molar-refractivity contribution >= 4 is 11.9 Å². The van der Waals surface area contributed by atoms with Crippen LogP contribution in [0.1, 0.15) is 13.3 Å². The highest BCUT2D eigenvalue weighted by Crippen LogP contribution is 2.30. The third kappa shape index (κ3) is 3.07. The largest absolute Gasteiger partial charge is 0.484 e. The molecule has 0 unspecified atom stereocenters. The molecule has 108 valence electrons. The van der Waals surface area contributed by atoms with Gasteiger partial charge in [0.2, 0.25) is 0 Å². The van der Waals surface area contributed by atoms with E-state index in [2.05, 4.69) is 0 Å². The SMILES string of the molecule is C[C@@]1(C(=O)O)CCN(C(=O)COc2ccc(F)cc2)C1. The fourth-order valence-corrected chi connectivity index (χ4v) is 2.12. The van der Waals surface area contributed by atoms with E-state index in [4.69, 9.17) is 9.84 Å². The quantitative estimate of drug-likeness (QED) is 0.908. The topological polar surface area (TPSA) is 66.8 Å². The summed E-state index contributed by atoms with van der Waals surface area (Å²) in [4.78, 5) is 24.5. The van der Waals surface area contributed by atoms with Crippen LogP contribution in [0.4, 0.5) is 4.39 Å².